The number of halogens is 1. The van der Waals surface area contributed by atoms with E-state index in [1.807, 2.05) is 0 Å². The van der Waals surface area contributed by atoms with Gasteiger partial charge in [-0.05, 0) is 26.0 Å². The van der Waals surface area contributed by atoms with Gasteiger partial charge in [-0.25, -0.2) is 4.68 Å². The molecule has 0 aliphatic heterocycles. The smallest absolute Gasteiger partial charge is 0.176 e. The fourth-order valence-electron chi connectivity index (χ4n) is 1.28. The standard InChI is InChI=1S/C9H9ClN4O/c1-5-9(15)6(2)14(13-5)8-4-3-7(10)11-12-8/h3-4,15H,1-2H3. The molecule has 2 rings (SSSR count). The van der Waals surface area contributed by atoms with Crippen molar-refractivity contribution in [2.45, 2.75) is 13.8 Å². The van der Waals surface area contributed by atoms with Gasteiger partial charge >= 0.3 is 0 Å². The van der Waals surface area contributed by atoms with Crippen LogP contribution in [0.2, 0.25) is 5.15 Å². The van der Waals surface area contributed by atoms with Crippen LogP contribution in [0.3, 0.4) is 0 Å². The van der Waals surface area contributed by atoms with Crippen LogP contribution in [0.1, 0.15) is 11.4 Å². The van der Waals surface area contributed by atoms with Gasteiger partial charge in [0.1, 0.15) is 5.69 Å². The van der Waals surface area contributed by atoms with Crippen molar-refractivity contribution in [3.05, 3.63) is 28.7 Å². The number of hydrogen-bond donors (Lipinski definition) is 1. The molecule has 0 aliphatic carbocycles. The Hall–Kier alpha value is -1.62. The van der Waals surface area contributed by atoms with Crippen molar-refractivity contribution in [3.63, 3.8) is 0 Å². The largest absolute Gasteiger partial charge is 0.504 e. The fourth-order valence-corrected chi connectivity index (χ4v) is 1.38. The molecule has 0 bridgehead atoms. The first-order valence-electron chi connectivity index (χ1n) is 4.34. The highest BCUT2D eigenvalue weighted by Crippen LogP contribution is 2.22. The van der Waals surface area contributed by atoms with Gasteiger partial charge < -0.3 is 5.11 Å². The van der Waals surface area contributed by atoms with Crippen LogP contribution in [0.4, 0.5) is 0 Å². The summed E-state index contributed by atoms with van der Waals surface area (Å²) in [5.41, 5.74) is 1.19. The lowest BCUT2D eigenvalue weighted by Gasteiger charge is -2.01. The summed E-state index contributed by atoms with van der Waals surface area (Å²) in [6.45, 7) is 3.48. The summed E-state index contributed by atoms with van der Waals surface area (Å²) < 4.78 is 1.52. The van der Waals surface area contributed by atoms with E-state index in [1.54, 1.807) is 26.0 Å². The Morgan fingerprint density at radius 2 is 2.00 bits per heavy atom. The van der Waals surface area contributed by atoms with Crippen LogP contribution in [0.5, 0.6) is 5.75 Å². The minimum absolute atomic E-state index is 0.173. The van der Waals surface area contributed by atoms with Gasteiger partial charge in [0, 0.05) is 0 Å². The summed E-state index contributed by atoms with van der Waals surface area (Å²) in [6.07, 6.45) is 0. The Kier molecular flexibility index (Phi) is 2.32. The predicted molar refractivity (Wildman–Crippen MR) is 55.3 cm³/mol. The maximum Gasteiger partial charge on any atom is 0.176 e. The average molecular weight is 225 g/mol. The first-order chi connectivity index (χ1) is 7.09. The Morgan fingerprint density at radius 3 is 2.47 bits per heavy atom. The molecular weight excluding hydrogens is 216 g/mol. The molecule has 0 unspecified atom stereocenters. The van der Waals surface area contributed by atoms with Gasteiger partial charge in [-0.2, -0.15) is 5.10 Å². The van der Waals surface area contributed by atoms with Gasteiger partial charge in [0.25, 0.3) is 0 Å². The molecule has 15 heavy (non-hydrogen) atoms. The zero-order valence-corrected chi connectivity index (χ0v) is 9.02. The first kappa shape index (κ1) is 9.92. The molecule has 2 heterocycles. The molecule has 0 atom stereocenters. The van der Waals surface area contributed by atoms with E-state index in [9.17, 15) is 5.11 Å². The van der Waals surface area contributed by atoms with Crippen molar-refractivity contribution >= 4 is 11.6 Å². The van der Waals surface area contributed by atoms with Gasteiger partial charge in [0.2, 0.25) is 0 Å². The molecule has 78 valence electrons. The molecular formula is C9H9ClN4O. The summed E-state index contributed by atoms with van der Waals surface area (Å²) in [4.78, 5) is 0. The SMILES string of the molecule is Cc1nn(-c2ccc(Cl)nn2)c(C)c1O. The molecule has 5 nitrogen and oxygen atoms in total. The molecule has 0 spiro atoms. The summed E-state index contributed by atoms with van der Waals surface area (Å²) in [5, 5.41) is 21.6. The van der Waals surface area contributed by atoms with E-state index < -0.39 is 0 Å². The predicted octanol–water partition coefficient (Wildman–Crippen LogP) is 1.64. The third-order valence-electron chi connectivity index (χ3n) is 2.09. The van der Waals surface area contributed by atoms with E-state index in [1.165, 1.54) is 4.68 Å². The van der Waals surface area contributed by atoms with E-state index in [4.69, 9.17) is 11.6 Å². The van der Waals surface area contributed by atoms with Crippen LogP contribution >= 0.6 is 11.6 Å². The molecule has 0 saturated heterocycles. The third-order valence-corrected chi connectivity index (χ3v) is 2.29. The van der Waals surface area contributed by atoms with Crippen LogP contribution < -0.4 is 0 Å². The Balaban J connectivity index is 2.54. The van der Waals surface area contributed by atoms with Crippen molar-refractivity contribution in [2.24, 2.45) is 0 Å². The number of hydrogen-bond acceptors (Lipinski definition) is 4. The second kappa shape index (κ2) is 3.51. The Labute approximate surface area is 91.3 Å². The van der Waals surface area contributed by atoms with Crippen LogP contribution in [0.15, 0.2) is 12.1 Å². The second-order valence-corrected chi connectivity index (χ2v) is 3.53. The lowest BCUT2D eigenvalue weighted by atomic mass is 10.3. The van der Waals surface area contributed by atoms with Crippen molar-refractivity contribution in [2.75, 3.05) is 0 Å². The summed E-state index contributed by atoms with van der Waals surface area (Å²) in [5.74, 6) is 0.701. The topological polar surface area (TPSA) is 63.8 Å². The van der Waals surface area contributed by atoms with Gasteiger partial charge in [-0.15, -0.1) is 10.2 Å². The second-order valence-electron chi connectivity index (χ2n) is 3.15. The van der Waals surface area contributed by atoms with Crippen molar-refractivity contribution in [3.8, 4) is 11.6 Å². The van der Waals surface area contributed by atoms with Crippen molar-refractivity contribution in [1.82, 2.24) is 20.0 Å². The molecule has 2 aromatic heterocycles. The normalized spacial score (nSPS) is 10.6. The molecule has 1 N–H and O–H groups in total. The van der Waals surface area contributed by atoms with Crippen LogP contribution in [-0.2, 0) is 0 Å². The van der Waals surface area contributed by atoms with E-state index in [0.717, 1.165) is 0 Å². The summed E-state index contributed by atoms with van der Waals surface area (Å²) >= 11 is 5.62. The minimum atomic E-state index is 0.173. The monoisotopic (exact) mass is 224 g/mol. The molecule has 0 radical (unpaired) electrons. The molecule has 0 saturated carbocycles. The van der Waals surface area contributed by atoms with E-state index in [0.29, 0.717) is 22.4 Å². The number of aromatic nitrogens is 4. The number of nitrogens with zero attached hydrogens (tertiary/aromatic N) is 4. The Bertz CT molecular complexity index is 492. The lowest BCUT2D eigenvalue weighted by molar-refractivity contribution is 0.466. The molecule has 0 aliphatic rings. The molecule has 0 aromatic carbocycles. The number of aromatic hydroxyl groups is 1. The van der Waals surface area contributed by atoms with Crippen molar-refractivity contribution < 1.29 is 5.11 Å². The van der Waals surface area contributed by atoms with E-state index in [-0.39, 0.29) is 5.75 Å². The molecule has 0 amide bonds. The Morgan fingerprint density at radius 1 is 1.27 bits per heavy atom. The molecule has 0 fully saturated rings. The number of rotatable bonds is 1. The molecule has 2 aromatic rings. The maximum absolute atomic E-state index is 9.59. The average Bonchev–Trinajstić information content (AvgIpc) is 2.47. The van der Waals surface area contributed by atoms with Gasteiger partial charge in [0.05, 0.1) is 5.69 Å². The highest BCUT2D eigenvalue weighted by atomic mass is 35.5. The molecule has 6 heteroatoms. The zero-order valence-electron chi connectivity index (χ0n) is 8.27. The highest BCUT2D eigenvalue weighted by Gasteiger charge is 2.12. The summed E-state index contributed by atoms with van der Waals surface area (Å²) in [6, 6.07) is 3.31. The van der Waals surface area contributed by atoms with Crippen LogP contribution in [0, 0.1) is 13.8 Å². The van der Waals surface area contributed by atoms with Gasteiger partial charge in [-0.1, -0.05) is 11.6 Å². The van der Waals surface area contributed by atoms with Crippen LogP contribution in [-0.4, -0.2) is 25.1 Å². The summed E-state index contributed by atoms with van der Waals surface area (Å²) in [7, 11) is 0. The van der Waals surface area contributed by atoms with E-state index >= 15 is 0 Å². The van der Waals surface area contributed by atoms with E-state index in [2.05, 4.69) is 15.3 Å². The maximum atomic E-state index is 9.59. The third kappa shape index (κ3) is 1.66. The van der Waals surface area contributed by atoms with Gasteiger partial charge in [-0.3, -0.25) is 0 Å². The first-order valence-corrected chi connectivity index (χ1v) is 4.72. The zero-order chi connectivity index (χ0) is 11.0. The quantitative estimate of drug-likeness (QED) is 0.800. The van der Waals surface area contributed by atoms with Gasteiger partial charge in [0.15, 0.2) is 16.7 Å². The lowest BCUT2D eigenvalue weighted by Crippen LogP contribution is -2.02. The number of aryl methyl sites for hydroxylation is 1. The fraction of sp³-hybridized carbons (Fsp3) is 0.222. The minimum Gasteiger partial charge on any atom is -0.504 e. The van der Waals surface area contributed by atoms with Crippen LogP contribution in [0.25, 0.3) is 5.82 Å². The highest BCUT2D eigenvalue weighted by molar-refractivity contribution is 6.29. The van der Waals surface area contributed by atoms with Crippen molar-refractivity contribution in [1.29, 1.82) is 0 Å².